The number of rotatable bonds is 9. The van der Waals surface area contributed by atoms with Crippen LogP contribution in [-0.2, 0) is 9.53 Å². The van der Waals surface area contributed by atoms with Gasteiger partial charge in [-0.25, -0.2) is 0 Å². The van der Waals surface area contributed by atoms with Gasteiger partial charge in [-0.05, 0) is 31.2 Å². The minimum atomic E-state index is -0.252. The van der Waals surface area contributed by atoms with E-state index in [0.29, 0.717) is 37.6 Å². The lowest BCUT2D eigenvalue weighted by Crippen LogP contribution is -2.34. The van der Waals surface area contributed by atoms with Crippen molar-refractivity contribution in [1.29, 1.82) is 5.26 Å². The zero-order chi connectivity index (χ0) is 15.5. The van der Waals surface area contributed by atoms with Crippen LogP contribution in [0.1, 0.15) is 12.5 Å². The third-order valence-corrected chi connectivity index (χ3v) is 2.70. The Labute approximate surface area is 125 Å². The first-order valence-corrected chi connectivity index (χ1v) is 6.81. The van der Waals surface area contributed by atoms with Gasteiger partial charge in [0.25, 0.3) is 0 Å². The van der Waals surface area contributed by atoms with E-state index in [-0.39, 0.29) is 12.5 Å². The summed E-state index contributed by atoms with van der Waals surface area (Å²) < 4.78 is 10.5. The van der Waals surface area contributed by atoms with E-state index < -0.39 is 0 Å². The number of hydrogen-bond acceptors (Lipinski definition) is 5. The Morgan fingerprint density at radius 3 is 2.71 bits per heavy atom. The molecule has 1 aromatic rings. The van der Waals surface area contributed by atoms with Gasteiger partial charge in [-0.15, -0.1) is 6.58 Å². The molecule has 0 N–H and O–H groups in total. The summed E-state index contributed by atoms with van der Waals surface area (Å²) in [4.78, 5) is 13.4. The van der Waals surface area contributed by atoms with Gasteiger partial charge in [0, 0.05) is 13.1 Å². The minimum absolute atomic E-state index is 0.219. The van der Waals surface area contributed by atoms with Crippen LogP contribution < -0.4 is 4.74 Å². The number of nitrogens with zero attached hydrogens (tertiary/aromatic N) is 2. The van der Waals surface area contributed by atoms with Gasteiger partial charge in [0.05, 0.1) is 24.8 Å². The van der Waals surface area contributed by atoms with Gasteiger partial charge < -0.3 is 9.47 Å². The summed E-state index contributed by atoms with van der Waals surface area (Å²) in [6.07, 6.45) is 1.74. The van der Waals surface area contributed by atoms with E-state index in [1.54, 1.807) is 37.3 Å². The van der Waals surface area contributed by atoms with Crippen LogP contribution in [0.3, 0.4) is 0 Å². The third kappa shape index (κ3) is 6.59. The summed E-state index contributed by atoms with van der Waals surface area (Å²) in [7, 11) is 0. The van der Waals surface area contributed by atoms with Crippen LogP contribution in [0.2, 0.25) is 0 Å². The first-order valence-electron chi connectivity index (χ1n) is 6.81. The molecule has 0 aliphatic carbocycles. The molecule has 5 heteroatoms. The molecule has 0 radical (unpaired) electrons. The predicted molar refractivity (Wildman–Crippen MR) is 79.9 cm³/mol. The number of carbonyl (C=O) groups is 1. The van der Waals surface area contributed by atoms with E-state index in [0.717, 1.165) is 0 Å². The van der Waals surface area contributed by atoms with Gasteiger partial charge in [0.15, 0.2) is 0 Å². The lowest BCUT2D eigenvalue weighted by atomic mass is 10.2. The summed E-state index contributed by atoms with van der Waals surface area (Å²) in [6, 6.07) is 8.96. The average Bonchev–Trinajstić information content (AvgIpc) is 2.48. The molecule has 0 aliphatic rings. The fraction of sp³-hybridized carbons (Fsp3) is 0.375. The molecule has 0 heterocycles. The Hall–Kier alpha value is -2.32. The topological polar surface area (TPSA) is 62.6 Å². The van der Waals surface area contributed by atoms with Crippen molar-refractivity contribution in [1.82, 2.24) is 4.90 Å². The molecule has 0 atom stereocenters. The molecule has 0 fully saturated rings. The standard InChI is InChI=1S/C16H20N2O3/c1-3-9-18(13-16(19)20-4-2)10-11-21-15-7-5-14(12-17)6-8-15/h3,5-8H,1,4,9-11,13H2,2H3. The Morgan fingerprint density at radius 1 is 1.43 bits per heavy atom. The van der Waals surface area contributed by atoms with Gasteiger partial charge >= 0.3 is 5.97 Å². The van der Waals surface area contributed by atoms with Gasteiger partial charge in [-0.3, -0.25) is 9.69 Å². The van der Waals surface area contributed by atoms with Gasteiger partial charge in [0.1, 0.15) is 12.4 Å². The zero-order valence-electron chi connectivity index (χ0n) is 12.2. The number of hydrogen-bond donors (Lipinski definition) is 0. The van der Waals surface area contributed by atoms with Crippen molar-refractivity contribution in [3.8, 4) is 11.8 Å². The fourth-order valence-electron chi connectivity index (χ4n) is 1.72. The van der Waals surface area contributed by atoms with Crippen LogP contribution in [0.5, 0.6) is 5.75 Å². The summed E-state index contributed by atoms with van der Waals surface area (Å²) in [5.74, 6) is 0.446. The maximum absolute atomic E-state index is 11.5. The second-order valence-electron chi connectivity index (χ2n) is 4.31. The molecule has 0 saturated carbocycles. The molecule has 21 heavy (non-hydrogen) atoms. The van der Waals surface area contributed by atoms with Crippen LogP contribution in [-0.4, -0.2) is 43.7 Å². The predicted octanol–water partition coefficient (Wildman–Crippen LogP) is 1.99. The SMILES string of the molecule is C=CCN(CCOc1ccc(C#N)cc1)CC(=O)OCC. The summed E-state index contributed by atoms with van der Waals surface area (Å²) in [5.41, 5.74) is 0.595. The molecule has 0 aliphatic heterocycles. The van der Waals surface area contributed by atoms with Crippen LogP contribution in [0, 0.1) is 11.3 Å². The van der Waals surface area contributed by atoms with Crippen molar-refractivity contribution < 1.29 is 14.3 Å². The van der Waals surface area contributed by atoms with Gasteiger partial charge in [0.2, 0.25) is 0 Å². The normalized spacial score (nSPS) is 9.95. The van der Waals surface area contributed by atoms with Crippen molar-refractivity contribution in [3.63, 3.8) is 0 Å². The highest BCUT2D eigenvalue weighted by Crippen LogP contribution is 2.11. The fourth-order valence-corrected chi connectivity index (χ4v) is 1.72. The third-order valence-electron chi connectivity index (χ3n) is 2.70. The van der Waals surface area contributed by atoms with Crippen molar-refractivity contribution in [2.45, 2.75) is 6.92 Å². The second-order valence-corrected chi connectivity index (χ2v) is 4.31. The van der Waals surface area contributed by atoms with Crippen LogP contribution in [0.25, 0.3) is 0 Å². The van der Waals surface area contributed by atoms with Crippen molar-refractivity contribution in [2.75, 3.05) is 32.8 Å². The second kappa shape index (κ2) is 9.56. The monoisotopic (exact) mass is 288 g/mol. The summed E-state index contributed by atoms with van der Waals surface area (Å²) in [6.45, 7) is 7.68. The molecule has 1 rings (SSSR count). The van der Waals surface area contributed by atoms with E-state index in [1.165, 1.54) is 0 Å². The Balaban J connectivity index is 2.40. The Bertz CT molecular complexity index is 491. The van der Waals surface area contributed by atoms with E-state index in [1.807, 2.05) is 4.90 Å². The molecule has 0 spiro atoms. The molecule has 0 amide bonds. The molecule has 0 unspecified atom stereocenters. The highest BCUT2D eigenvalue weighted by molar-refractivity contribution is 5.71. The maximum atomic E-state index is 11.5. The quantitative estimate of drug-likeness (QED) is 0.513. The first-order chi connectivity index (χ1) is 10.2. The molecular weight excluding hydrogens is 268 g/mol. The van der Waals surface area contributed by atoms with Gasteiger partial charge in [-0.1, -0.05) is 6.08 Å². The number of benzene rings is 1. The molecule has 0 bridgehead atoms. The number of esters is 1. The maximum Gasteiger partial charge on any atom is 0.320 e. The average molecular weight is 288 g/mol. The van der Waals surface area contributed by atoms with Crippen LogP contribution in [0.4, 0.5) is 0 Å². The van der Waals surface area contributed by atoms with Crippen LogP contribution >= 0.6 is 0 Å². The molecule has 5 nitrogen and oxygen atoms in total. The van der Waals surface area contributed by atoms with Crippen molar-refractivity contribution in [2.24, 2.45) is 0 Å². The van der Waals surface area contributed by atoms with Crippen molar-refractivity contribution in [3.05, 3.63) is 42.5 Å². The van der Waals surface area contributed by atoms with E-state index >= 15 is 0 Å². The lowest BCUT2D eigenvalue weighted by Gasteiger charge is -2.19. The molecular formula is C16H20N2O3. The number of ether oxygens (including phenoxy) is 2. The Kier molecular flexibility index (Phi) is 7.62. The highest BCUT2D eigenvalue weighted by Gasteiger charge is 2.10. The molecule has 112 valence electrons. The molecule has 1 aromatic carbocycles. The minimum Gasteiger partial charge on any atom is -0.492 e. The van der Waals surface area contributed by atoms with Gasteiger partial charge in [-0.2, -0.15) is 5.26 Å². The Morgan fingerprint density at radius 2 is 2.14 bits per heavy atom. The molecule has 0 saturated heterocycles. The van der Waals surface area contributed by atoms with E-state index in [9.17, 15) is 4.79 Å². The first kappa shape index (κ1) is 16.7. The van der Waals surface area contributed by atoms with E-state index in [2.05, 4.69) is 12.6 Å². The lowest BCUT2D eigenvalue weighted by molar-refractivity contribution is -0.144. The summed E-state index contributed by atoms with van der Waals surface area (Å²) in [5, 5.41) is 8.71. The highest BCUT2D eigenvalue weighted by atomic mass is 16.5. The van der Waals surface area contributed by atoms with E-state index in [4.69, 9.17) is 14.7 Å². The summed E-state index contributed by atoms with van der Waals surface area (Å²) >= 11 is 0. The van der Waals surface area contributed by atoms with Crippen LogP contribution in [0.15, 0.2) is 36.9 Å². The number of nitriles is 1. The smallest absolute Gasteiger partial charge is 0.320 e. The largest absolute Gasteiger partial charge is 0.492 e. The molecule has 0 aromatic heterocycles. The zero-order valence-corrected chi connectivity index (χ0v) is 12.2. The van der Waals surface area contributed by atoms with Crippen molar-refractivity contribution >= 4 is 5.97 Å². The number of carbonyl (C=O) groups excluding carboxylic acids is 1.